The van der Waals surface area contributed by atoms with Crippen molar-refractivity contribution in [1.29, 1.82) is 0 Å². The van der Waals surface area contributed by atoms with E-state index in [0.29, 0.717) is 11.4 Å². The summed E-state index contributed by atoms with van der Waals surface area (Å²) in [7, 11) is -3.54. The number of hydrogen-bond donors (Lipinski definition) is 1. The van der Waals surface area contributed by atoms with Crippen LogP contribution in [0, 0.1) is 6.92 Å². The zero-order valence-electron chi connectivity index (χ0n) is 12.0. The predicted octanol–water partition coefficient (Wildman–Crippen LogP) is 1.27. The third-order valence-corrected chi connectivity index (χ3v) is 3.55. The van der Waals surface area contributed by atoms with E-state index in [1.807, 2.05) is 6.92 Å². The van der Waals surface area contributed by atoms with Crippen LogP contribution in [0.3, 0.4) is 0 Å². The van der Waals surface area contributed by atoms with Crippen LogP contribution >= 0.6 is 0 Å². The van der Waals surface area contributed by atoms with Crippen molar-refractivity contribution in [3.63, 3.8) is 0 Å². The number of carbonyl (C=O) groups is 1. The van der Waals surface area contributed by atoms with E-state index in [4.69, 9.17) is 0 Å². The molecule has 1 rings (SSSR count). The van der Waals surface area contributed by atoms with Gasteiger partial charge in [-0.2, -0.15) is 5.10 Å². The number of nitrogens with one attached hydrogen (secondary N) is 1. The van der Waals surface area contributed by atoms with E-state index in [2.05, 4.69) is 10.5 Å². The number of hydrazone groups is 1. The Morgan fingerprint density at radius 1 is 1.25 bits per heavy atom. The fourth-order valence-corrected chi connectivity index (χ4v) is 2.31. The van der Waals surface area contributed by atoms with Crippen molar-refractivity contribution in [1.82, 2.24) is 5.43 Å². The molecule has 0 saturated carbocycles. The molecule has 0 atom stereocenters. The van der Waals surface area contributed by atoms with Gasteiger partial charge in [0.2, 0.25) is 10.0 Å². The van der Waals surface area contributed by atoms with Gasteiger partial charge in [-0.05, 0) is 32.9 Å². The molecule has 1 aromatic carbocycles. The van der Waals surface area contributed by atoms with Gasteiger partial charge in [-0.1, -0.05) is 17.7 Å². The summed E-state index contributed by atoms with van der Waals surface area (Å²) in [5.74, 6) is -0.489. The zero-order valence-corrected chi connectivity index (χ0v) is 12.9. The van der Waals surface area contributed by atoms with Gasteiger partial charge in [0.25, 0.3) is 5.91 Å². The number of hydrogen-bond acceptors (Lipinski definition) is 4. The van der Waals surface area contributed by atoms with E-state index >= 15 is 0 Å². The number of amides is 1. The minimum absolute atomic E-state index is 0.307. The minimum atomic E-state index is -3.54. The Kier molecular flexibility index (Phi) is 5.26. The van der Waals surface area contributed by atoms with Gasteiger partial charge in [-0.25, -0.2) is 13.8 Å². The maximum Gasteiger partial charge on any atom is 0.260 e. The first-order valence-electron chi connectivity index (χ1n) is 6.04. The first kappa shape index (κ1) is 16.2. The Balaban J connectivity index is 2.95. The Morgan fingerprint density at radius 3 is 2.25 bits per heavy atom. The molecule has 0 aliphatic rings. The molecule has 0 saturated heterocycles. The number of sulfonamides is 1. The van der Waals surface area contributed by atoms with Crippen molar-refractivity contribution in [2.24, 2.45) is 5.10 Å². The Hall–Kier alpha value is -1.89. The fourth-order valence-electron chi connectivity index (χ4n) is 1.45. The lowest BCUT2D eigenvalue weighted by Crippen LogP contribution is -2.39. The molecule has 0 aliphatic heterocycles. The van der Waals surface area contributed by atoms with Crippen LogP contribution in [-0.2, 0) is 14.8 Å². The van der Waals surface area contributed by atoms with Gasteiger partial charge in [-0.3, -0.25) is 9.10 Å². The lowest BCUT2D eigenvalue weighted by molar-refractivity contribution is -0.119. The molecule has 0 aliphatic carbocycles. The van der Waals surface area contributed by atoms with E-state index in [-0.39, 0.29) is 6.54 Å². The smallest absolute Gasteiger partial charge is 0.260 e. The van der Waals surface area contributed by atoms with Crippen LogP contribution in [0.5, 0.6) is 0 Å². The maximum atomic E-state index is 11.8. The van der Waals surface area contributed by atoms with Crippen molar-refractivity contribution in [2.75, 3.05) is 17.1 Å². The lowest BCUT2D eigenvalue weighted by atomic mass is 10.2. The summed E-state index contributed by atoms with van der Waals surface area (Å²) < 4.78 is 24.6. The topological polar surface area (TPSA) is 78.8 Å². The normalized spacial score (nSPS) is 10.8. The van der Waals surface area contributed by atoms with Gasteiger partial charge in [-0.15, -0.1) is 0 Å². The molecule has 20 heavy (non-hydrogen) atoms. The van der Waals surface area contributed by atoms with E-state index in [9.17, 15) is 13.2 Å². The molecule has 0 radical (unpaired) electrons. The highest BCUT2D eigenvalue weighted by atomic mass is 32.2. The van der Waals surface area contributed by atoms with E-state index < -0.39 is 15.9 Å². The summed E-state index contributed by atoms with van der Waals surface area (Å²) in [6, 6.07) is 6.91. The van der Waals surface area contributed by atoms with Crippen LogP contribution in [0.2, 0.25) is 0 Å². The van der Waals surface area contributed by atoms with Crippen molar-refractivity contribution >= 4 is 27.3 Å². The number of anilines is 1. The van der Waals surface area contributed by atoms with Gasteiger partial charge >= 0.3 is 0 Å². The van der Waals surface area contributed by atoms with Gasteiger partial charge in [0.15, 0.2) is 0 Å². The average molecular weight is 297 g/mol. The quantitative estimate of drug-likeness (QED) is 0.656. The molecule has 1 amide bonds. The number of rotatable bonds is 5. The van der Waals surface area contributed by atoms with Gasteiger partial charge in [0.05, 0.1) is 11.9 Å². The van der Waals surface area contributed by atoms with Crippen LogP contribution in [0.15, 0.2) is 29.4 Å². The molecular formula is C13H19N3O3S. The molecule has 0 aromatic heterocycles. The third-order valence-electron chi connectivity index (χ3n) is 2.41. The van der Waals surface area contributed by atoms with Crippen molar-refractivity contribution in [2.45, 2.75) is 20.8 Å². The molecule has 0 bridgehead atoms. The van der Waals surface area contributed by atoms with E-state index in [1.54, 1.807) is 38.1 Å². The summed E-state index contributed by atoms with van der Waals surface area (Å²) in [5, 5.41) is 3.76. The Labute approximate surface area is 119 Å². The molecule has 0 spiro atoms. The third kappa shape index (κ3) is 5.00. The van der Waals surface area contributed by atoms with E-state index in [0.717, 1.165) is 16.1 Å². The first-order valence-corrected chi connectivity index (χ1v) is 7.89. The maximum absolute atomic E-state index is 11.8. The highest BCUT2D eigenvalue weighted by Crippen LogP contribution is 2.17. The van der Waals surface area contributed by atoms with Crippen LogP contribution in [0.1, 0.15) is 19.4 Å². The van der Waals surface area contributed by atoms with Crippen LogP contribution in [-0.4, -0.2) is 32.8 Å². The Bertz CT molecular complexity index is 602. The molecule has 1 N–H and O–H groups in total. The molecule has 6 nitrogen and oxygen atoms in total. The summed E-state index contributed by atoms with van der Waals surface area (Å²) in [6.07, 6.45) is 1.06. The molecule has 0 fully saturated rings. The second-order valence-electron chi connectivity index (χ2n) is 4.70. The lowest BCUT2D eigenvalue weighted by Gasteiger charge is -2.21. The average Bonchev–Trinajstić information content (AvgIpc) is 2.33. The molecular weight excluding hydrogens is 278 g/mol. The Morgan fingerprint density at radius 2 is 1.80 bits per heavy atom. The monoisotopic (exact) mass is 297 g/mol. The zero-order chi connectivity index (χ0) is 15.3. The van der Waals surface area contributed by atoms with Gasteiger partial charge < -0.3 is 0 Å². The number of nitrogens with zero attached hydrogens (tertiary/aromatic N) is 2. The van der Waals surface area contributed by atoms with Crippen LogP contribution < -0.4 is 9.73 Å². The highest BCUT2D eigenvalue weighted by Gasteiger charge is 2.20. The van der Waals surface area contributed by atoms with Crippen molar-refractivity contribution in [3.05, 3.63) is 29.8 Å². The second-order valence-corrected chi connectivity index (χ2v) is 6.61. The minimum Gasteiger partial charge on any atom is -0.271 e. The SMILES string of the molecule is CC(C)=NNC(=O)CN(c1ccc(C)cc1)S(C)(=O)=O. The van der Waals surface area contributed by atoms with Gasteiger partial charge in [0.1, 0.15) is 6.54 Å². The second kappa shape index (κ2) is 6.51. The predicted molar refractivity (Wildman–Crippen MR) is 80.3 cm³/mol. The molecule has 7 heteroatoms. The molecule has 0 heterocycles. The van der Waals surface area contributed by atoms with Crippen LogP contribution in [0.25, 0.3) is 0 Å². The summed E-state index contributed by atoms with van der Waals surface area (Å²) >= 11 is 0. The van der Waals surface area contributed by atoms with E-state index in [1.165, 1.54) is 0 Å². The molecule has 0 unspecified atom stereocenters. The molecule has 1 aromatic rings. The number of aryl methyl sites for hydroxylation is 1. The van der Waals surface area contributed by atoms with Crippen LogP contribution in [0.4, 0.5) is 5.69 Å². The molecule has 110 valence electrons. The summed E-state index contributed by atoms with van der Waals surface area (Å²) in [6.45, 7) is 5.06. The number of benzene rings is 1. The largest absolute Gasteiger partial charge is 0.271 e. The highest BCUT2D eigenvalue weighted by molar-refractivity contribution is 7.92. The number of carbonyl (C=O) groups excluding carboxylic acids is 1. The standard InChI is InChI=1S/C13H19N3O3S/c1-10(2)14-15-13(17)9-16(20(4,18)19)12-7-5-11(3)6-8-12/h5-8H,9H2,1-4H3,(H,15,17). The first-order chi connectivity index (χ1) is 9.20. The summed E-state index contributed by atoms with van der Waals surface area (Å²) in [4.78, 5) is 11.7. The van der Waals surface area contributed by atoms with Crippen molar-refractivity contribution in [3.8, 4) is 0 Å². The fraction of sp³-hybridized carbons (Fsp3) is 0.385. The summed E-state index contributed by atoms with van der Waals surface area (Å²) in [5.41, 5.74) is 4.45. The van der Waals surface area contributed by atoms with Gasteiger partial charge in [0, 0.05) is 5.71 Å². The van der Waals surface area contributed by atoms with Crippen molar-refractivity contribution < 1.29 is 13.2 Å².